The van der Waals surface area contributed by atoms with Gasteiger partial charge in [-0.05, 0) is 0 Å². The maximum absolute atomic E-state index is 9.83. The molecule has 2 aromatic heterocycles. The molecule has 0 aliphatic carbocycles. The lowest BCUT2D eigenvalue weighted by molar-refractivity contribution is -0.169. The molecule has 114 valence electrons. The van der Waals surface area contributed by atoms with Gasteiger partial charge in [0.05, 0.1) is 6.61 Å². The topological polar surface area (TPSA) is 123 Å². The van der Waals surface area contributed by atoms with Crippen LogP contribution in [0.15, 0.2) is 6.33 Å². The molecule has 0 amide bonds. The van der Waals surface area contributed by atoms with E-state index in [-0.39, 0.29) is 5.15 Å². The Labute approximate surface area is 136 Å². The second-order valence-electron chi connectivity index (χ2n) is 4.34. The number of ether oxygens (including phenoxy) is 1. The smallest absolute Gasteiger partial charge is 0.254 e. The average Bonchev–Trinajstić information content (AvgIpc) is 2.96. The summed E-state index contributed by atoms with van der Waals surface area (Å²) in [5.41, 5.74) is 0.640. The molecule has 1 aliphatic heterocycles. The van der Waals surface area contributed by atoms with E-state index in [0.29, 0.717) is 15.0 Å². The Kier molecular flexibility index (Phi) is 4.16. The summed E-state index contributed by atoms with van der Waals surface area (Å²) in [4.78, 5) is 17.5. The maximum atomic E-state index is 9.83. The fourth-order valence-corrected chi connectivity index (χ4v) is 2.79. The zero-order chi connectivity index (χ0) is 15.1. The number of rotatable bonds is 3. The average molecular weight is 429 g/mol. The molecule has 3 heterocycles. The van der Waals surface area contributed by atoms with Crippen LogP contribution >= 0.6 is 34.2 Å². The molecule has 9 nitrogen and oxygen atoms in total. The third-order valence-electron chi connectivity index (χ3n) is 3.01. The zero-order valence-corrected chi connectivity index (χ0v) is 13.2. The minimum Gasteiger partial charge on any atom is -0.394 e. The summed E-state index contributed by atoms with van der Waals surface area (Å²) in [6.07, 6.45) is -3.33. The first kappa shape index (κ1) is 15.1. The molecule has 0 radical (unpaired) electrons. The van der Waals surface area contributed by atoms with Crippen LogP contribution in [0.25, 0.3) is 11.2 Å². The molecular weight excluding hydrogens is 418 g/mol. The van der Waals surface area contributed by atoms with Crippen molar-refractivity contribution in [3.63, 3.8) is 0 Å². The van der Waals surface area contributed by atoms with Crippen molar-refractivity contribution in [1.29, 1.82) is 0 Å². The van der Waals surface area contributed by atoms with E-state index >= 15 is 0 Å². The van der Waals surface area contributed by atoms with Crippen LogP contribution in [0.4, 0.5) is 0 Å². The quantitative estimate of drug-likeness (QED) is 0.322. The van der Waals surface area contributed by atoms with Crippen LogP contribution in [0.2, 0.25) is 5.15 Å². The van der Waals surface area contributed by atoms with E-state index in [0.717, 1.165) is 0 Å². The highest BCUT2D eigenvalue weighted by molar-refractivity contribution is 14.1. The number of aliphatic hydroxyl groups excluding tert-OH is 3. The van der Waals surface area contributed by atoms with E-state index in [1.807, 2.05) is 22.6 Å². The fraction of sp³-hybridized carbons (Fsp3) is 0.500. The highest BCUT2D eigenvalue weighted by Gasteiger charge is 2.44. The van der Waals surface area contributed by atoms with Crippen molar-refractivity contribution in [2.75, 3.05) is 6.61 Å². The van der Waals surface area contributed by atoms with Gasteiger partial charge in [0.1, 0.15) is 30.2 Å². The minimum atomic E-state index is -1.31. The maximum Gasteiger partial charge on any atom is 0.254 e. The molecule has 1 fully saturated rings. The Hall–Kier alpha value is -0.790. The number of nitrogens with zero attached hydrogens (tertiary/aromatic N) is 4. The van der Waals surface area contributed by atoms with Gasteiger partial charge in [0.25, 0.3) is 6.29 Å². The first-order valence-corrected chi connectivity index (χ1v) is 7.32. The van der Waals surface area contributed by atoms with E-state index in [4.69, 9.17) is 26.3 Å². The van der Waals surface area contributed by atoms with Crippen molar-refractivity contribution >= 4 is 45.4 Å². The van der Waals surface area contributed by atoms with Crippen molar-refractivity contribution in [3.8, 4) is 0 Å². The van der Waals surface area contributed by atoms with Crippen molar-refractivity contribution in [2.24, 2.45) is 0 Å². The summed E-state index contributed by atoms with van der Waals surface area (Å²) in [6, 6.07) is 0. The monoisotopic (exact) mass is 428 g/mol. The second kappa shape index (κ2) is 5.78. The Bertz CT molecular complexity index is 670. The zero-order valence-electron chi connectivity index (χ0n) is 10.3. The second-order valence-corrected chi connectivity index (χ2v) is 5.66. The first-order chi connectivity index (χ1) is 10.0. The number of aliphatic hydroxyl groups is 3. The Morgan fingerprint density at radius 2 is 2.14 bits per heavy atom. The lowest BCUT2D eigenvalue weighted by Crippen LogP contribution is -2.38. The predicted molar refractivity (Wildman–Crippen MR) is 77.4 cm³/mol. The van der Waals surface area contributed by atoms with Crippen LogP contribution in [-0.4, -0.2) is 66.2 Å². The Morgan fingerprint density at radius 3 is 2.81 bits per heavy atom. The molecule has 0 aromatic carbocycles. The summed E-state index contributed by atoms with van der Waals surface area (Å²) in [5.74, 6) is 0. The molecule has 11 heteroatoms. The molecule has 1 saturated heterocycles. The number of fused-ring (bicyclic) bond motifs is 1. The van der Waals surface area contributed by atoms with Crippen molar-refractivity contribution in [1.82, 2.24) is 19.7 Å². The van der Waals surface area contributed by atoms with Crippen LogP contribution < -0.4 is 4.84 Å². The number of halogens is 2. The van der Waals surface area contributed by atoms with Crippen molar-refractivity contribution in [3.05, 3.63) is 15.3 Å². The first-order valence-electron chi connectivity index (χ1n) is 5.87. The molecule has 1 aliphatic rings. The summed E-state index contributed by atoms with van der Waals surface area (Å²) < 4.78 is 6.79. The van der Waals surface area contributed by atoms with Crippen LogP contribution in [0, 0.1) is 3.83 Å². The van der Waals surface area contributed by atoms with Crippen molar-refractivity contribution < 1.29 is 24.9 Å². The summed E-state index contributed by atoms with van der Waals surface area (Å²) in [7, 11) is 0. The van der Waals surface area contributed by atoms with E-state index in [9.17, 15) is 10.2 Å². The molecule has 4 atom stereocenters. The number of hydrogen-bond acceptors (Lipinski definition) is 8. The van der Waals surface area contributed by atoms with E-state index in [1.54, 1.807) is 0 Å². The normalized spacial score (nSPS) is 29.2. The van der Waals surface area contributed by atoms with Gasteiger partial charge in [-0.3, -0.25) is 0 Å². The lowest BCUT2D eigenvalue weighted by atomic mass is 10.1. The van der Waals surface area contributed by atoms with E-state index in [1.165, 1.54) is 11.1 Å². The van der Waals surface area contributed by atoms with Gasteiger partial charge in [0, 0.05) is 22.6 Å². The number of hydrogen-bond donors (Lipinski definition) is 3. The van der Waals surface area contributed by atoms with Gasteiger partial charge in [-0.1, -0.05) is 11.6 Å². The van der Waals surface area contributed by atoms with Gasteiger partial charge >= 0.3 is 0 Å². The largest absolute Gasteiger partial charge is 0.394 e. The number of aromatic nitrogens is 4. The minimum absolute atomic E-state index is 0.174. The fourth-order valence-electron chi connectivity index (χ4n) is 1.96. The van der Waals surface area contributed by atoms with E-state index in [2.05, 4.69) is 15.0 Å². The highest BCUT2D eigenvalue weighted by Crippen LogP contribution is 2.23. The Balaban J connectivity index is 1.89. The van der Waals surface area contributed by atoms with Gasteiger partial charge < -0.3 is 24.9 Å². The summed E-state index contributed by atoms with van der Waals surface area (Å²) in [5, 5.41) is 28.7. The van der Waals surface area contributed by atoms with Gasteiger partial charge in [-0.25, -0.2) is 9.97 Å². The SMILES string of the molecule is OC[C@@H]1O[C@H](On2cnc3c(Cl)nc(I)nc32)[C@@H](O)[C@H]1O. The van der Waals surface area contributed by atoms with Crippen LogP contribution in [0.3, 0.4) is 0 Å². The van der Waals surface area contributed by atoms with Gasteiger partial charge in [-0.2, -0.15) is 4.98 Å². The predicted octanol–water partition coefficient (Wildman–Crippen LogP) is -1.05. The molecular formula is C10H10ClIN4O5. The van der Waals surface area contributed by atoms with Crippen LogP contribution in [0.5, 0.6) is 0 Å². The van der Waals surface area contributed by atoms with Crippen LogP contribution in [0.1, 0.15) is 0 Å². The van der Waals surface area contributed by atoms with Gasteiger partial charge in [-0.15, -0.1) is 4.73 Å². The highest BCUT2D eigenvalue weighted by atomic mass is 127. The standard InChI is InChI=1S/C10H10ClIN4O5/c11-7-4-8(15-10(12)14-7)16(2-13-4)21-9-6(19)5(18)3(1-17)20-9/h2-3,5-6,9,17-19H,1H2/t3-,5-,6-,9+/m0/s1. The number of imidazole rings is 1. The third kappa shape index (κ3) is 2.66. The molecule has 2 aromatic rings. The summed E-state index contributed by atoms with van der Waals surface area (Å²) in [6.45, 7) is -0.436. The van der Waals surface area contributed by atoms with E-state index < -0.39 is 31.2 Å². The molecule has 0 saturated carbocycles. The van der Waals surface area contributed by atoms with Crippen molar-refractivity contribution in [2.45, 2.75) is 24.6 Å². The Morgan fingerprint density at radius 1 is 1.38 bits per heavy atom. The third-order valence-corrected chi connectivity index (χ3v) is 3.76. The molecule has 21 heavy (non-hydrogen) atoms. The van der Waals surface area contributed by atoms with Gasteiger partial charge in [0.15, 0.2) is 8.98 Å². The molecule has 3 N–H and O–H groups in total. The summed E-state index contributed by atoms with van der Waals surface area (Å²) >= 11 is 7.84. The molecule has 0 bridgehead atoms. The molecule has 0 spiro atoms. The van der Waals surface area contributed by atoms with Gasteiger partial charge in [0.2, 0.25) is 5.65 Å². The van der Waals surface area contributed by atoms with Crippen LogP contribution in [-0.2, 0) is 4.74 Å². The molecule has 3 rings (SSSR count). The lowest BCUT2D eigenvalue weighted by Gasteiger charge is -2.16. The molecule has 0 unspecified atom stereocenters.